The molecular formula is C36H34ClF2N5O4. The Hall–Kier alpha value is -4.50. The predicted octanol–water partition coefficient (Wildman–Crippen LogP) is 5.58. The summed E-state index contributed by atoms with van der Waals surface area (Å²) in [6, 6.07) is 6.54. The standard InChI is InChI=1S/C36H34ClF2N5O4/c1-3-24-28(38)8-7-21-15-23(45)16-25(30(21)24)31-27(37)17-26-33(32(31)39)41-35(48-20-36-9-5-11-44(36)12-6-10-36)42-34(26)43-13-14-47-19-22(18-43)40-29(46)4-2/h1,4,7-8,15-17,22,45H,2,5-6,9-14,18-20H2,(H,40,46). The van der Waals surface area contributed by atoms with Gasteiger partial charge in [0.15, 0.2) is 5.82 Å². The number of nitrogens with zero attached hydrogens (tertiary/aromatic N) is 4. The molecule has 1 atom stereocenters. The molecule has 3 saturated heterocycles. The highest BCUT2D eigenvalue weighted by Gasteiger charge is 2.45. The van der Waals surface area contributed by atoms with E-state index in [-0.39, 0.29) is 62.4 Å². The molecule has 3 aliphatic heterocycles. The van der Waals surface area contributed by atoms with Gasteiger partial charge in [-0.15, -0.1) is 6.42 Å². The van der Waals surface area contributed by atoms with Crippen molar-refractivity contribution in [2.24, 2.45) is 0 Å². The highest BCUT2D eigenvalue weighted by Crippen LogP contribution is 2.44. The van der Waals surface area contributed by atoms with Crippen LogP contribution in [0.25, 0.3) is 32.8 Å². The Bertz CT molecular complexity index is 1990. The first kappa shape index (κ1) is 32.1. The largest absolute Gasteiger partial charge is 0.508 e. The number of rotatable bonds is 7. The lowest BCUT2D eigenvalue weighted by Gasteiger charge is -2.31. The summed E-state index contributed by atoms with van der Waals surface area (Å²) in [7, 11) is 0. The van der Waals surface area contributed by atoms with Gasteiger partial charge in [-0.3, -0.25) is 9.69 Å². The number of hydrogen-bond donors (Lipinski definition) is 2. The maximum absolute atomic E-state index is 17.1. The average molecular weight is 674 g/mol. The number of carbonyl (C=O) groups is 1. The second kappa shape index (κ2) is 12.8. The van der Waals surface area contributed by atoms with Gasteiger partial charge in [-0.25, -0.2) is 8.78 Å². The van der Waals surface area contributed by atoms with E-state index in [1.165, 1.54) is 30.3 Å². The van der Waals surface area contributed by atoms with Crippen LogP contribution in [0.1, 0.15) is 31.2 Å². The fourth-order valence-corrected chi connectivity index (χ4v) is 7.78. The van der Waals surface area contributed by atoms with Gasteiger partial charge >= 0.3 is 6.01 Å². The molecule has 0 spiro atoms. The van der Waals surface area contributed by atoms with Crippen LogP contribution >= 0.6 is 11.6 Å². The number of fused-ring (bicyclic) bond motifs is 3. The SMILES string of the molecule is C#Cc1c(F)ccc2cc(O)cc(-c3c(Cl)cc4c(N5CCOCC(NC(=O)C=C)C5)nc(OCC56CCCN5CCC6)nc4c3F)c12. The van der Waals surface area contributed by atoms with Gasteiger partial charge in [0.2, 0.25) is 5.91 Å². The summed E-state index contributed by atoms with van der Waals surface area (Å²) in [4.78, 5) is 25.9. The molecule has 0 bridgehead atoms. The number of amides is 1. The number of benzene rings is 3. The molecule has 2 N–H and O–H groups in total. The van der Waals surface area contributed by atoms with Gasteiger partial charge in [0.05, 0.1) is 35.4 Å². The molecular weight excluding hydrogens is 640 g/mol. The van der Waals surface area contributed by atoms with Gasteiger partial charge in [-0.1, -0.05) is 30.2 Å². The maximum atomic E-state index is 17.1. The van der Waals surface area contributed by atoms with Crippen molar-refractivity contribution >= 4 is 45.0 Å². The number of halogens is 3. The van der Waals surface area contributed by atoms with Crippen molar-refractivity contribution in [3.05, 3.63) is 65.2 Å². The minimum atomic E-state index is -0.811. The second-order valence-electron chi connectivity index (χ2n) is 12.6. The van der Waals surface area contributed by atoms with Crippen molar-refractivity contribution < 1.29 is 28.2 Å². The summed E-state index contributed by atoms with van der Waals surface area (Å²) in [5.41, 5.74) is -0.261. The van der Waals surface area contributed by atoms with E-state index >= 15 is 4.39 Å². The Morgan fingerprint density at radius 1 is 1.23 bits per heavy atom. The van der Waals surface area contributed by atoms with E-state index in [0.717, 1.165) is 38.8 Å². The average Bonchev–Trinajstić information content (AvgIpc) is 3.57. The first-order chi connectivity index (χ1) is 23.2. The molecule has 3 aliphatic rings. The minimum Gasteiger partial charge on any atom is -0.508 e. The summed E-state index contributed by atoms with van der Waals surface area (Å²) in [5.74, 6) is 0.724. The third-order valence-corrected chi connectivity index (χ3v) is 9.98. The zero-order valence-corrected chi connectivity index (χ0v) is 27.0. The molecule has 3 fully saturated rings. The lowest BCUT2D eigenvalue weighted by Crippen LogP contribution is -2.44. The van der Waals surface area contributed by atoms with E-state index in [2.05, 4.69) is 27.7 Å². The molecule has 3 aromatic carbocycles. The van der Waals surface area contributed by atoms with Gasteiger partial charge in [0, 0.05) is 29.4 Å². The molecule has 12 heteroatoms. The van der Waals surface area contributed by atoms with Crippen molar-refractivity contribution in [3.63, 3.8) is 0 Å². The molecule has 4 heterocycles. The Morgan fingerprint density at radius 2 is 2.02 bits per heavy atom. The number of aromatic nitrogens is 2. The van der Waals surface area contributed by atoms with Crippen LogP contribution in [0.4, 0.5) is 14.6 Å². The monoisotopic (exact) mass is 673 g/mol. The van der Waals surface area contributed by atoms with Gasteiger partial charge < -0.3 is 24.8 Å². The minimum absolute atomic E-state index is 0.00855. The lowest BCUT2D eigenvalue weighted by atomic mass is 9.93. The molecule has 7 rings (SSSR count). The molecule has 1 unspecified atom stereocenters. The summed E-state index contributed by atoms with van der Waals surface area (Å²) >= 11 is 6.87. The normalized spacial score (nSPS) is 19.2. The Balaban J connectivity index is 1.40. The fourth-order valence-electron chi connectivity index (χ4n) is 7.49. The summed E-state index contributed by atoms with van der Waals surface area (Å²) in [6.45, 7) is 7.17. The van der Waals surface area contributed by atoms with Crippen molar-refractivity contribution in [2.75, 3.05) is 50.9 Å². The first-order valence-corrected chi connectivity index (χ1v) is 16.3. The Kier molecular flexibility index (Phi) is 8.58. The van der Waals surface area contributed by atoms with Crippen molar-refractivity contribution in [1.82, 2.24) is 20.2 Å². The van der Waals surface area contributed by atoms with E-state index in [4.69, 9.17) is 32.5 Å². The summed E-state index contributed by atoms with van der Waals surface area (Å²) < 4.78 is 44.1. The van der Waals surface area contributed by atoms with Crippen molar-refractivity contribution in [2.45, 2.75) is 37.3 Å². The molecule has 0 aliphatic carbocycles. The number of anilines is 1. The third-order valence-electron chi connectivity index (χ3n) is 9.69. The van der Waals surface area contributed by atoms with E-state index in [1.807, 2.05) is 4.90 Å². The van der Waals surface area contributed by atoms with E-state index in [1.54, 1.807) is 6.07 Å². The third kappa shape index (κ3) is 5.68. The molecule has 248 valence electrons. The van der Waals surface area contributed by atoms with Crippen LogP contribution in [0.3, 0.4) is 0 Å². The molecule has 9 nitrogen and oxygen atoms in total. The van der Waals surface area contributed by atoms with Crippen LogP contribution in [0.2, 0.25) is 5.02 Å². The van der Waals surface area contributed by atoms with Gasteiger partial charge in [-0.2, -0.15) is 9.97 Å². The fraction of sp³-hybridized carbons (Fsp3) is 0.361. The second-order valence-corrected chi connectivity index (χ2v) is 13.0. The molecule has 0 radical (unpaired) electrons. The van der Waals surface area contributed by atoms with Crippen LogP contribution in [0, 0.1) is 24.0 Å². The van der Waals surface area contributed by atoms with Crippen LogP contribution in [0.15, 0.2) is 43.0 Å². The number of nitrogens with one attached hydrogen (secondary N) is 1. The molecule has 1 aromatic heterocycles. The molecule has 4 aromatic rings. The smallest absolute Gasteiger partial charge is 0.319 e. The van der Waals surface area contributed by atoms with Crippen molar-refractivity contribution in [3.8, 4) is 35.2 Å². The number of carbonyl (C=O) groups excluding carboxylic acids is 1. The van der Waals surface area contributed by atoms with Crippen LogP contribution in [0.5, 0.6) is 11.8 Å². The number of phenols is 1. The van der Waals surface area contributed by atoms with E-state index < -0.39 is 17.7 Å². The topological polar surface area (TPSA) is 100 Å². The maximum Gasteiger partial charge on any atom is 0.319 e. The zero-order valence-electron chi connectivity index (χ0n) is 26.2. The Morgan fingerprint density at radius 3 is 2.77 bits per heavy atom. The lowest BCUT2D eigenvalue weighted by molar-refractivity contribution is -0.117. The highest BCUT2D eigenvalue weighted by atomic mass is 35.5. The molecule has 1 amide bonds. The van der Waals surface area contributed by atoms with E-state index in [9.17, 15) is 14.3 Å². The molecule has 48 heavy (non-hydrogen) atoms. The van der Waals surface area contributed by atoms with Crippen LogP contribution < -0.4 is 15.0 Å². The number of hydrogen-bond acceptors (Lipinski definition) is 8. The highest BCUT2D eigenvalue weighted by molar-refractivity contribution is 6.35. The van der Waals surface area contributed by atoms with Crippen LogP contribution in [-0.2, 0) is 9.53 Å². The number of ether oxygens (including phenoxy) is 2. The van der Waals surface area contributed by atoms with Crippen molar-refractivity contribution in [1.29, 1.82) is 0 Å². The first-order valence-electron chi connectivity index (χ1n) is 16.0. The van der Waals surface area contributed by atoms with Crippen LogP contribution in [-0.4, -0.2) is 83.5 Å². The predicted molar refractivity (Wildman–Crippen MR) is 180 cm³/mol. The number of terminal acetylenes is 1. The molecule has 0 saturated carbocycles. The van der Waals surface area contributed by atoms with Gasteiger partial charge in [-0.05, 0) is 80.1 Å². The Labute approximate surface area is 281 Å². The van der Waals surface area contributed by atoms with E-state index in [0.29, 0.717) is 42.9 Å². The summed E-state index contributed by atoms with van der Waals surface area (Å²) in [5, 5.41) is 14.4. The number of phenolic OH excluding ortho intramolecular Hbond substituents is 1. The zero-order chi connectivity index (χ0) is 33.6. The quantitative estimate of drug-likeness (QED) is 0.194. The number of aromatic hydroxyl groups is 1. The summed E-state index contributed by atoms with van der Waals surface area (Å²) in [6.07, 6.45) is 11.0. The van der Waals surface area contributed by atoms with Gasteiger partial charge in [0.1, 0.15) is 29.5 Å². The van der Waals surface area contributed by atoms with Gasteiger partial charge in [0.25, 0.3) is 0 Å².